The van der Waals surface area contributed by atoms with Gasteiger partial charge in [-0.2, -0.15) is 0 Å². The number of aliphatic carboxylic acids is 1. The van der Waals surface area contributed by atoms with Crippen LogP contribution in [0.15, 0.2) is 54.6 Å². The average molecular weight is 395 g/mol. The van der Waals surface area contributed by atoms with Crippen molar-refractivity contribution in [1.29, 1.82) is 0 Å². The lowest BCUT2D eigenvalue weighted by molar-refractivity contribution is -0.152. The molecule has 6 heteroatoms. The highest BCUT2D eigenvalue weighted by Gasteiger charge is 2.29. The van der Waals surface area contributed by atoms with Crippen LogP contribution in [0, 0.1) is 0 Å². The van der Waals surface area contributed by atoms with Crippen molar-refractivity contribution in [2.24, 2.45) is 0 Å². The molecule has 3 rings (SSSR count). The van der Waals surface area contributed by atoms with Crippen molar-refractivity contribution < 1.29 is 24.2 Å². The number of rotatable bonds is 6. The second kappa shape index (κ2) is 8.39. The summed E-state index contributed by atoms with van der Waals surface area (Å²) in [7, 11) is 1.59. The van der Waals surface area contributed by atoms with E-state index in [0.717, 1.165) is 16.9 Å². The van der Waals surface area contributed by atoms with Crippen LogP contribution in [0.2, 0.25) is 0 Å². The molecule has 1 aliphatic heterocycles. The maximum atomic E-state index is 12.7. The van der Waals surface area contributed by atoms with Crippen molar-refractivity contribution in [3.8, 4) is 11.5 Å². The highest BCUT2D eigenvalue weighted by Crippen LogP contribution is 2.28. The van der Waals surface area contributed by atoms with E-state index in [4.69, 9.17) is 9.47 Å². The van der Waals surface area contributed by atoms with Crippen LogP contribution in [0.1, 0.15) is 36.2 Å². The highest BCUT2D eigenvalue weighted by atomic mass is 16.5. The molecule has 0 fully saturated rings. The Balaban J connectivity index is 1.69. The molecule has 0 aromatic heterocycles. The summed E-state index contributed by atoms with van der Waals surface area (Å²) in [5.41, 5.74) is 1.41. The first-order valence-electron chi connectivity index (χ1n) is 9.45. The van der Waals surface area contributed by atoms with Gasteiger partial charge in [-0.05, 0) is 67.8 Å². The van der Waals surface area contributed by atoms with Gasteiger partial charge < -0.3 is 19.5 Å². The van der Waals surface area contributed by atoms with E-state index < -0.39 is 11.6 Å². The van der Waals surface area contributed by atoms with Gasteiger partial charge in [-0.3, -0.25) is 4.79 Å². The van der Waals surface area contributed by atoms with Crippen LogP contribution in [-0.4, -0.2) is 47.7 Å². The molecule has 0 saturated carbocycles. The van der Waals surface area contributed by atoms with Crippen molar-refractivity contribution in [2.75, 3.05) is 20.2 Å². The average Bonchev–Trinajstić information content (AvgIpc) is 2.73. The van der Waals surface area contributed by atoms with Gasteiger partial charge in [0.05, 0.1) is 7.11 Å². The molecule has 1 aliphatic rings. The minimum atomic E-state index is -1.30. The van der Waals surface area contributed by atoms with Crippen molar-refractivity contribution in [2.45, 2.75) is 25.9 Å². The molecule has 29 heavy (non-hydrogen) atoms. The number of carbonyl (C=O) groups is 2. The van der Waals surface area contributed by atoms with Crippen LogP contribution < -0.4 is 9.47 Å². The molecule has 2 aromatic rings. The lowest BCUT2D eigenvalue weighted by Crippen LogP contribution is -2.37. The number of methoxy groups -OCH3 is 1. The van der Waals surface area contributed by atoms with Crippen LogP contribution in [0.4, 0.5) is 0 Å². The topological polar surface area (TPSA) is 76.1 Å². The first-order valence-corrected chi connectivity index (χ1v) is 9.45. The Morgan fingerprint density at radius 3 is 2.38 bits per heavy atom. The molecule has 1 amide bonds. The molecular weight excluding hydrogens is 370 g/mol. The minimum Gasteiger partial charge on any atom is -0.497 e. The summed E-state index contributed by atoms with van der Waals surface area (Å²) in [5, 5.41) is 9.24. The third kappa shape index (κ3) is 4.77. The van der Waals surface area contributed by atoms with Gasteiger partial charge in [-0.25, -0.2) is 4.79 Å². The van der Waals surface area contributed by atoms with E-state index in [-0.39, 0.29) is 5.91 Å². The zero-order valence-electron chi connectivity index (χ0n) is 16.8. The number of carboxylic acids is 1. The zero-order chi connectivity index (χ0) is 21.0. The standard InChI is InChI=1S/C23H25NO5/c1-23(2,22(26)27)29-20-6-4-5-18(15-20)16-11-13-24(14-12-16)21(25)17-7-9-19(28-3)10-8-17/h4-11,15H,12-14H2,1-3H3,(H,26,27). The van der Waals surface area contributed by atoms with Gasteiger partial charge in [0.25, 0.3) is 5.91 Å². The molecule has 0 spiro atoms. The predicted molar refractivity (Wildman–Crippen MR) is 110 cm³/mol. The van der Waals surface area contributed by atoms with Crippen molar-refractivity contribution in [3.05, 3.63) is 65.7 Å². The van der Waals surface area contributed by atoms with E-state index in [1.54, 1.807) is 42.3 Å². The first-order chi connectivity index (χ1) is 13.8. The van der Waals surface area contributed by atoms with Crippen LogP contribution in [0.25, 0.3) is 5.57 Å². The number of hydrogen-bond acceptors (Lipinski definition) is 4. The zero-order valence-corrected chi connectivity index (χ0v) is 16.8. The van der Waals surface area contributed by atoms with Gasteiger partial charge in [0.1, 0.15) is 11.5 Å². The summed E-state index contributed by atoms with van der Waals surface area (Å²) < 4.78 is 10.8. The van der Waals surface area contributed by atoms with Gasteiger partial charge in [0.2, 0.25) is 0 Å². The van der Waals surface area contributed by atoms with Crippen LogP contribution in [0.3, 0.4) is 0 Å². The molecular formula is C23H25NO5. The predicted octanol–water partition coefficient (Wildman–Crippen LogP) is 3.87. The Morgan fingerprint density at radius 2 is 1.79 bits per heavy atom. The maximum absolute atomic E-state index is 12.7. The number of carboxylic acid groups (broad SMARTS) is 1. The lowest BCUT2D eigenvalue weighted by Gasteiger charge is -2.27. The molecule has 0 aliphatic carbocycles. The van der Waals surface area contributed by atoms with E-state index in [1.165, 1.54) is 13.8 Å². The molecule has 6 nitrogen and oxygen atoms in total. The molecule has 1 heterocycles. The fourth-order valence-electron chi connectivity index (χ4n) is 3.13. The minimum absolute atomic E-state index is 0.0109. The third-order valence-electron chi connectivity index (χ3n) is 4.93. The molecule has 0 saturated heterocycles. The van der Waals surface area contributed by atoms with E-state index in [0.29, 0.717) is 30.8 Å². The maximum Gasteiger partial charge on any atom is 0.347 e. The fraction of sp³-hybridized carbons (Fsp3) is 0.304. The monoisotopic (exact) mass is 395 g/mol. The van der Waals surface area contributed by atoms with Crippen LogP contribution in [-0.2, 0) is 4.79 Å². The van der Waals surface area contributed by atoms with Crippen LogP contribution >= 0.6 is 0 Å². The highest BCUT2D eigenvalue weighted by molar-refractivity contribution is 5.95. The number of hydrogen-bond donors (Lipinski definition) is 1. The summed E-state index contributed by atoms with van der Waals surface area (Å²) >= 11 is 0. The van der Waals surface area contributed by atoms with Gasteiger partial charge in [0, 0.05) is 18.7 Å². The normalized spacial score (nSPS) is 14.2. The molecule has 152 valence electrons. The first kappa shape index (κ1) is 20.5. The van der Waals surface area contributed by atoms with Crippen molar-refractivity contribution >= 4 is 17.4 Å². The number of amides is 1. The summed E-state index contributed by atoms with van der Waals surface area (Å²) in [5.74, 6) is 0.193. The van der Waals surface area contributed by atoms with E-state index in [9.17, 15) is 14.7 Å². The van der Waals surface area contributed by atoms with E-state index in [1.807, 2.05) is 24.3 Å². The van der Waals surface area contributed by atoms with Crippen molar-refractivity contribution in [1.82, 2.24) is 4.90 Å². The third-order valence-corrected chi connectivity index (χ3v) is 4.93. The summed E-state index contributed by atoms with van der Waals surface area (Å²) in [4.78, 5) is 25.8. The van der Waals surface area contributed by atoms with Gasteiger partial charge >= 0.3 is 5.97 Å². The van der Waals surface area contributed by atoms with E-state index >= 15 is 0 Å². The number of nitrogens with zero attached hydrogens (tertiary/aromatic N) is 1. The van der Waals surface area contributed by atoms with Gasteiger partial charge in [0.15, 0.2) is 5.60 Å². The Kier molecular flexibility index (Phi) is 5.92. The Labute approximate surface area is 170 Å². The van der Waals surface area contributed by atoms with Gasteiger partial charge in [-0.1, -0.05) is 18.2 Å². The van der Waals surface area contributed by atoms with Crippen LogP contribution in [0.5, 0.6) is 11.5 Å². The van der Waals surface area contributed by atoms with Crippen molar-refractivity contribution in [3.63, 3.8) is 0 Å². The summed E-state index contributed by atoms with van der Waals surface area (Å²) in [6.07, 6.45) is 2.75. The van der Waals surface area contributed by atoms with Gasteiger partial charge in [-0.15, -0.1) is 0 Å². The molecule has 0 radical (unpaired) electrons. The lowest BCUT2D eigenvalue weighted by atomic mass is 9.98. The summed E-state index contributed by atoms with van der Waals surface area (Å²) in [6.45, 7) is 4.17. The number of benzene rings is 2. The van der Waals surface area contributed by atoms with E-state index in [2.05, 4.69) is 0 Å². The quantitative estimate of drug-likeness (QED) is 0.804. The smallest absolute Gasteiger partial charge is 0.347 e. The second-order valence-electron chi connectivity index (χ2n) is 7.40. The SMILES string of the molecule is COc1ccc(C(=O)N2CC=C(c3cccc(OC(C)(C)C(=O)O)c3)CC2)cc1. The Bertz CT molecular complexity index is 931. The second-order valence-corrected chi connectivity index (χ2v) is 7.40. The summed E-state index contributed by atoms with van der Waals surface area (Å²) in [6, 6.07) is 14.5. The molecule has 1 N–H and O–H groups in total. The Morgan fingerprint density at radius 1 is 1.07 bits per heavy atom. The molecule has 0 bridgehead atoms. The fourth-order valence-corrected chi connectivity index (χ4v) is 3.13. The molecule has 2 aromatic carbocycles. The number of ether oxygens (including phenoxy) is 2. The number of carbonyl (C=O) groups excluding carboxylic acids is 1. The Hall–Kier alpha value is -3.28. The molecule has 0 unspecified atom stereocenters. The molecule has 0 atom stereocenters. The largest absolute Gasteiger partial charge is 0.497 e.